The monoisotopic (exact) mass is 389 g/mol. The first-order chi connectivity index (χ1) is 11.0. The molecule has 0 fully saturated rings. The third-order valence-corrected chi connectivity index (χ3v) is 2.92. The normalized spacial score (nSPS) is 16.3. The molecule has 0 aliphatic carbocycles. The fourth-order valence-corrected chi connectivity index (χ4v) is 1.58. The Bertz CT molecular complexity index is 622. The maximum atomic E-state index is 13.9. The summed E-state index contributed by atoms with van der Waals surface area (Å²) in [6, 6.07) is 4.81. The Balaban J connectivity index is 3.48. The van der Waals surface area contributed by atoms with E-state index in [0.717, 1.165) is 29.6 Å². The lowest BCUT2D eigenvalue weighted by atomic mass is 9.90. The highest BCUT2D eigenvalue weighted by molar-refractivity contribution is 5.99. The first kappa shape index (κ1) is 21.0. The average molecular weight is 389 g/mol. The number of carbonyl (C=O) groups excluding carboxylic acids is 1. The molecule has 2 nitrogen and oxygen atoms in total. The molecule has 13 heteroatoms. The van der Waals surface area contributed by atoms with Gasteiger partial charge in [-0.2, -0.15) is 43.9 Å². The van der Waals surface area contributed by atoms with Crippen LogP contribution in [0, 0.1) is 0 Å². The number of alkyl halides is 11. The minimum atomic E-state index is -7.49. The van der Waals surface area contributed by atoms with E-state index in [4.69, 9.17) is 0 Å². The quantitative estimate of drug-likeness (QED) is 0.742. The Morgan fingerprint density at radius 3 is 1.48 bits per heavy atom. The molecule has 142 valence electrons. The number of hydrogen-bond donors (Lipinski definition) is 1. The molecule has 1 amide bonds. The zero-order valence-electron chi connectivity index (χ0n) is 11.5. The second-order valence-electron chi connectivity index (χ2n) is 4.62. The van der Waals surface area contributed by atoms with Gasteiger partial charge in [0.25, 0.3) is 5.91 Å². The summed E-state index contributed by atoms with van der Waals surface area (Å²) >= 11 is 0. The van der Waals surface area contributed by atoms with E-state index in [1.54, 1.807) is 0 Å². The molecule has 1 atom stereocenters. The van der Waals surface area contributed by atoms with Gasteiger partial charge in [-0.05, 0) is 12.1 Å². The molecule has 0 aliphatic heterocycles. The number of para-hydroxylation sites is 1. The van der Waals surface area contributed by atoms with E-state index < -0.39 is 41.5 Å². The van der Waals surface area contributed by atoms with Crippen molar-refractivity contribution in [2.75, 3.05) is 5.32 Å². The van der Waals surface area contributed by atoms with Crippen molar-refractivity contribution in [1.29, 1.82) is 0 Å². The van der Waals surface area contributed by atoms with E-state index >= 15 is 0 Å². The number of amides is 1. The zero-order chi connectivity index (χ0) is 19.9. The Hall–Kier alpha value is -2.08. The van der Waals surface area contributed by atoms with Crippen molar-refractivity contribution in [1.82, 2.24) is 0 Å². The van der Waals surface area contributed by atoms with E-state index in [1.165, 1.54) is 6.07 Å². The van der Waals surface area contributed by atoms with Gasteiger partial charge in [0.2, 0.25) is 0 Å². The molecule has 1 aromatic rings. The van der Waals surface area contributed by atoms with E-state index in [9.17, 15) is 53.1 Å². The van der Waals surface area contributed by atoms with Crippen molar-refractivity contribution in [3.8, 4) is 0 Å². The summed E-state index contributed by atoms with van der Waals surface area (Å²) in [6.07, 6.45) is -14.4. The van der Waals surface area contributed by atoms with Crippen LogP contribution in [0.2, 0.25) is 0 Å². The second kappa shape index (κ2) is 6.02. The molecule has 0 aromatic heterocycles. The van der Waals surface area contributed by atoms with Crippen molar-refractivity contribution >= 4 is 11.6 Å². The average Bonchev–Trinajstić information content (AvgIpc) is 2.44. The highest BCUT2D eigenvalue weighted by Crippen LogP contribution is 2.57. The molecule has 1 rings (SSSR count). The summed E-state index contributed by atoms with van der Waals surface area (Å²) in [5.41, 5.74) is -7.61. The smallest absolute Gasteiger partial charge is 0.323 e. The summed E-state index contributed by atoms with van der Waals surface area (Å²) in [7, 11) is 0. The summed E-state index contributed by atoms with van der Waals surface area (Å²) < 4.78 is 140. The fourth-order valence-electron chi connectivity index (χ4n) is 1.58. The second-order valence-corrected chi connectivity index (χ2v) is 4.62. The van der Waals surface area contributed by atoms with Gasteiger partial charge in [-0.15, -0.1) is 0 Å². The first-order valence-corrected chi connectivity index (χ1v) is 5.94. The molecular weight excluding hydrogens is 383 g/mol. The first-order valence-electron chi connectivity index (χ1n) is 5.94. The lowest BCUT2D eigenvalue weighted by Gasteiger charge is -2.38. The molecule has 25 heavy (non-hydrogen) atoms. The molecule has 0 radical (unpaired) electrons. The van der Waals surface area contributed by atoms with Crippen LogP contribution in [0.3, 0.4) is 0 Å². The predicted molar refractivity (Wildman–Crippen MR) is 60.9 cm³/mol. The van der Waals surface area contributed by atoms with Gasteiger partial charge in [-0.3, -0.25) is 4.79 Å². The number of carbonyl (C=O) groups is 1. The Kier molecular flexibility index (Phi) is 5.05. The lowest BCUT2D eigenvalue weighted by molar-refractivity contribution is -0.401. The number of anilines is 1. The van der Waals surface area contributed by atoms with Crippen molar-refractivity contribution in [2.24, 2.45) is 0 Å². The molecular formula is C12H6F11NO. The van der Waals surface area contributed by atoms with Crippen molar-refractivity contribution in [3.63, 3.8) is 0 Å². The van der Waals surface area contributed by atoms with Gasteiger partial charge in [-0.25, -0.2) is 4.39 Å². The highest BCUT2D eigenvalue weighted by atomic mass is 19.4. The number of rotatable bonds is 4. The standard InChI is InChI=1S/C12H6F11NO/c13-8(11(18,19)20,7(25)24-6-4-2-1-3-5-6)9(14,15)10(16,17)12(21,22)23/h1-5H,(H,24,25). The van der Waals surface area contributed by atoms with Gasteiger partial charge in [0.15, 0.2) is 0 Å². The molecule has 1 N–H and O–H groups in total. The minimum absolute atomic E-state index is 0.745. The van der Waals surface area contributed by atoms with Crippen LogP contribution in [0.4, 0.5) is 54.0 Å². The lowest BCUT2D eigenvalue weighted by Crippen LogP contribution is -2.71. The summed E-state index contributed by atoms with van der Waals surface area (Å²) in [5, 5.41) is 0.904. The van der Waals surface area contributed by atoms with Crippen LogP contribution in [0.1, 0.15) is 0 Å². The van der Waals surface area contributed by atoms with E-state index in [2.05, 4.69) is 0 Å². The van der Waals surface area contributed by atoms with Crippen LogP contribution < -0.4 is 5.32 Å². The van der Waals surface area contributed by atoms with Crippen LogP contribution in [0.25, 0.3) is 0 Å². The fraction of sp³-hybridized carbons (Fsp3) is 0.417. The Morgan fingerprint density at radius 2 is 1.12 bits per heavy atom. The summed E-state index contributed by atoms with van der Waals surface area (Å²) in [4.78, 5) is 11.3. The van der Waals surface area contributed by atoms with Crippen LogP contribution >= 0.6 is 0 Å². The van der Waals surface area contributed by atoms with Crippen molar-refractivity contribution < 1.29 is 53.1 Å². The third-order valence-electron chi connectivity index (χ3n) is 2.92. The van der Waals surface area contributed by atoms with Gasteiger partial charge in [-0.1, -0.05) is 18.2 Å². The largest absolute Gasteiger partial charge is 0.460 e. The zero-order valence-corrected chi connectivity index (χ0v) is 11.5. The van der Waals surface area contributed by atoms with Gasteiger partial charge in [0, 0.05) is 5.69 Å². The summed E-state index contributed by atoms with van der Waals surface area (Å²) in [5.74, 6) is -18.4. The van der Waals surface area contributed by atoms with E-state index in [1.807, 2.05) is 0 Å². The molecule has 0 spiro atoms. The van der Waals surface area contributed by atoms with Gasteiger partial charge in [0.1, 0.15) is 0 Å². The molecule has 0 saturated heterocycles. The van der Waals surface area contributed by atoms with E-state index in [-0.39, 0.29) is 0 Å². The Morgan fingerprint density at radius 1 is 0.680 bits per heavy atom. The predicted octanol–water partition coefficient (Wildman–Crippen LogP) is 4.73. The number of nitrogens with one attached hydrogen (secondary N) is 1. The maximum absolute atomic E-state index is 13.9. The maximum Gasteiger partial charge on any atom is 0.460 e. The van der Waals surface area contributed by atoms with Crippen LogP contribution in [-0.2, 0) is 4.79 Å². The molecule has 0 saturated carbocycles. The van der Waals surface area contributed by atoms with Crippen LogP contribution in [0.5, 0.6) is 0 Å². The highest BCUT2D eigenvalue weighted by Gasteiger charge is 2.89. The Labute approximate surface area is 131 Å². The molecule has 0 aliphatic rings. The minimum Gasteiger partial charge on any atom is -0.323 e. The van der Waals surface area contributed by atoms with Gasteiger partial charge < -0.3 is 5.32 Å². The molecule has 0 heterocycles. The van der Waals surface area contributed by atoms with Gasteiger partial charge in [0.05, 0.1) is 0 Å². The van der Waals surface area contributed by atoms with Gasteiger partial charge >= 0.3 is 29.9 Å². The van der Waals surface area contributed by atoms with Crippen LogP contribution in [-0.4, -0.2) is 35.8 Å². The van der Waals surface area contributed by atoms with Crippen molar-refractivity contribution in [2.45, 2.75) is 29.9 Å². The molecule has 1 unspecified atom stereocenters. The number of halogens is 11. The van der Waals surface area contributed by atoms with E-state index in [0.29, 0.717) is 0 Å². The topological polar surface area (TPSA) is 29.1 Å². The van der Waals surface area contributed by atoms with Crippen molar-refractivity contribution in [3.05, 3.63) is 30.3 Å². The summed E-state index contributed by atoms with van der Waals surface area (Å²) in [6.45, 7) is 0. The van der Waals surface area contributed by atoms with Crippen LogP contribution in [0.15, 0.2) is 30.3 Å². The molecule has 1 aromatic carbocycles. The third kappa shape index (κ3) is 3.23. The SMILES string of the molecule is O=C(Nc1ccccc1)C(F)(C(F)(F)F)C(F)(F)C(F)(F)C(F)(F)F. The number of benzene rings is 1. The number of hydrogen-bond acceptors (Lipinski definition) is 1. The molecule has 0 bridgehead atoms.